The van der Waals surface area contributed by atoms with Crippen LogP contribution in [0, 0.1) is 11.8 Å². The Kier molecular flexibility index (Phi) is 9.81. The summed E-state index contributed by atoms with van der Waals surface area (Å²) in [4.78, 5) is 37.0. The van der Waals surface area contributed by atoms with Crippen molar-refractivity contribution in [3.63, 3.8) is 0 Å². The van der Waals surface area contributed by atoms with E-state index in [9.17, 15) is 24.6 Å². The Hall–Kier alpha value is -1.63. The van der Waals surface area contributed by atoms with E-state index in [0.29, 0.717) is 32.2 Å². The summed E-state index contributed by atoms with van der Waals surface area (Å²) in [6.07, 6.45) is 1.20. The number of hydrogen-bond donors (Lipinski definition) is 3. The second-order valence-electron chi connectivity index (χ2n) is 9.53. The highest BCUT2D eigenvalue weighted by molar-refractivity contribution is 6.03. The molecule has 0 aromatic carbocycles. The lowest BCUT2D eigenvalue weighted by molar-refractivity contribution is -0.220. The summed E-state index contributed by atoms with van der Waals surface area (Å²) in [5.41, 5.74) is -1.10. The summed E-state index contributed by atoms with van der Waals surface area (Å²) in [6.45, 7) is 4.89. The maximum Gasteiger partial charge on any atom is 0.233 e. The molecule has 3 amide bonds. The molecule has 11 heteroatoms. The van der Waals surface area contributed by atoms with E-state index in [0.717, 1.165) is 19.3 Å². The Labute approximate surface area is 200 Å². The SMILES string of the molecule is CC(=O)N[C@@H]1CO[C@](C)(COCCOCCOCCN2C(=O)CC(C3CCC3)C2=O)[C@H](O)[C@@H]1O. The summed E-state index contributed by atoms with van der Waals surface area (Å²) in [6, 6.07) is -0.671. The molecule has 194 valence electrons. The highest BCUT2D eigenvalue weighted by Crippen LogP contribution is 2.39. The zero-order valence-corrected chi connectivity index (χ0v) is 20.1. The molecule has 0 aromatic heterocycles. The first-order valence-corrected chi connectivity index (χ1v) is 12.1. The minimum atomic E-state index is -1.22. The number of rotatable bonds is 13. The van der Waals surface area contributed by atoms with Crippen LogP contribution in [0.25, 0.3) is 0 Å². The van der Waals surface area contributed by atoms with Crippen LogP contribution < -0.4 is 5.32 Å². The monoisotopic (exact) mass is 486 g/mol. The van der Waals surface area contributed by atoms with Crippen molar-refractivity contribution in [2.45, 2.75) is 63.4 Å². The van der Waals surface area contributed by atoms with Crippen LogP contribution in [-0.4, -0.2) is 109 Å². The van der Waals surface area contributed by atoms with Gasteiger partial charge in [-0.3, -0.25) is 19.3 Å². The minimum absolute atomic E-state index is 0.0504. The molecule has 3 N–H and O–H groups in total. The molecule has 1 aliphatic carbocycles. The summed E-state index contributed by atoms with van der Waals surface area (Å²) in [5, 5.41) is 23.2. The lowest BCUT2D eigenvalue weighted by Gasteiger charge is -2.44. The van der Waals surface area contributed by atoms with E-state index in [1.807, 2.05) is 0 Å². The van der Waals surface area contributed by atoms with Crippen LogP contribution in [0.5, 0.6) is 0 Å². The number of aliphatic hydroxyl groups excluding tert-OH is 2. The number of aliphatic hydroxyl groups is 2. The third-order valence-corrected chi connectivity index (χ3v) is 6.93. The smallest absolute Gasteiger partial charge is 0.233 e. The fourth-order valence-electron chi connectivity index (χ4n) is 4.59. The van der Waals surface area contributed by atoms with Gasteiger partial charge in [0.1, 0.15) is 17.8 Å². The van der Waals surface area contributed by atoms with Crippen molar-refractivity contribution in [1.82, 2.24) is 10.2 Å². The number of amides is 3. The lowest BCUT2D eigenvalue weighted by Crippen LogP contribution is -2.65. The highest BCUT2D eigenvalue weighted by atomic mass is 16.6. The van der Waals surface area contributed by atoms with E-state index in [1.165, 1.54) is 11.8 Å². The second kappa shape index (κ2) is 12.4. The van der Waals surface area contributed by atoms with Crippen molar-refractivity contribution >= 4 is 17.7 Å². The molecule has 0 bridgehead atoms. The van der Waals surface area contributed by atoms with E-state index < -0.39 is 23.9 Å². The Bertz CT molecular complexity index is 717. The van der Waals surface area contributed by atoms with Crippen molar-refractivity contribution in [3.8, 4) is 0 Å². The standard InChI is InChI=1S/C23H38N2O9/c1-15(26)24-18-13-34-23(2,21(29)20(18)28)14-33-11-10-32-9-8-31-7-6-25-19(27)12-17(22(25)30)16-4-3-5-16/h16-18,20-21,28-29H,3-14H2,1-2H3,(H,24,26)/t17?,18-,20-,21-,23-/m1/s1. The fraction of sp³-hybridized carbons (Fsp3) is 0.870. The van der Waals surface area contributed by atoms with Crippen LogP contribution in [-0.2, 0) is 33.3 Å². The average Bonchev–Trinajstić information content (AvgIpc) is 3.02. The van der Waals surface area contributed by atoms with Crippen LogP contribution >= 0.6 is 0 Å². The molecule has 2 saturated heterocycles. The van der Waals surface area contributed by atoms with Gasteiger partial charge in [-0.15, -0.1) is 0 Å². The van der Waals surface area contributed by atoms with Crippen LogP contribution in [0.3, 0.4) is 0 Å². The van der Waals surface area contributed by atoms with Gasteiger partial charge in [-0.25, -0.2) is 0 Å². The Morgan fingerprint density at radius 1 is 1.12 bits per heavy atom. The molecular weight excluding hydrogens is 448 g/mol. The van der Waals surface area contributed by atoms with Crippen LogP contribution in [0.15, 0.2) is 0 Å². The van der Waals surface area contributed by atoms with E-state index in [-0.39, 0.29) is 56.6 Å². The predicted octanol–water partition coefficient (Wildman–Crippen LogP) is -0.773. The van der Waals surface area contributed by atoms with E-state index in [1.54, 1.807) is 6.92 Å². The second-order valence-corrected chi connectivity index (χ2v) is 9.53. The number of imide groups is 1. The molecule has 11 nitrogen and oxygen atoms in total. The van der Waals surface area contributed by atoms with Gasteiger partial charge in [0.25, 0.3) is 0 Å². The largest absolute Gasteiger partial charge is 0.388 e. The van der Waals surface area contributed by atoms with Gasteiger partial charge < -0.3 is 34.5 Å². The molecule has 3 fully saturated rings. The first kappa shape index (κ1) is 27.0. The molecule has 0 spiro atoms. The molecule has 1 saturated carbocycles. The first-order valence-electron chi connectivity index (χ1n) is 12.1. The number of ether oxygens (including phenoxy) is 4. The van der Waals surface area contributed by atoms with Crippen LogP contribution in [0.4, 0.5) is 0 Å². The Balaban J connectivity index is 1.20. The van der Waals surface area contributed by atoms with Crippen molar-refractivity contribution in [3.05, 3.63) is 0 Å². The highest BCUT2D eigenvalue weighted by Gasteiger charge is 2.47. The van der Waals surface area contributed by atoms with Crippen LogP contribution in [0.1, 0.15) is 39.5 Å². The number of carbonyl (C=O) groups is 3. The number of carbonyl (C=O) groups excluding carboxylic acids is 3. The molecule has 0 aromatic rings. The fourth-order valence-corrected chi connectivity index (χ4v) is 4.59. The predicted molar refractivity (Wildman–Crippen MR) is 119 cm³/mol. The zero-order valence-electron chi connectivity index (χ0n) is 20.1. The maximum absolute atomic E-state index is 12.4. The molecule has 0 radical (unpaired) electrons. The van der Waals surface area contributed by atoms with Gasteiger partial charge in [-0.1, -0.05) is 6.42 Å². The molecule has 3 rings (SSSR count). The maximum atomic E-state index is 12.4. The molecule has 2 heterocycles. The van der Waals surface area contributed by atoms with Crippen LogP contribution in [0.2, 0.25) is 0 Å². The summed E-state index contributed by atoms with van der Waals surface area (Å²) in [7, 11) is 0. The average molecular weight is 487 g/mol. The summed E-state index contributed by atoms with van der Waals surface area (Å²) in [5.74, 6) is -0.215. The molecule has 34 heavy (non-hydrogen) atoms. The van der Waals surface area contributed by atoms with E-state index >= 15 is 0 Å². The number of nitrogens with zero attached hydrogens (tertiary/aromatic N) is 1. The first-order chi connectivity index (χ1) is 16.2. The number of likely N-dealkylation sites (tertiary alicyclic amines) is 1. The molecule has 5 atom stereocenters. The van der Waals surface area contributed by atoms with Gasteiger partial charge >= 0.3 is 0 Å². The summed E-state index contributed by atoms with van der Waals surface area (Å²) >= 11 is 0. The van der Waals surface area contributed by atoms with Gasteiger partial charge in [-0.05, 0) is 25.7 Å². The third kappa shape index (κ3) is 6.73. The van der Waals surface area contributed by atoms with Gasteiger partial charge in [0, 0.05) is 13.3 Å². The normalized spacial score (nSPS) is 32.2. The summed E-state index contributed by atoms with van der Waals surface area (Å²) < 4.78 is 22.1. The lowest BCUT2D eigenvalue weighted by atomic mass is 9.75. The molecule has 2 aliphatic heterocycles. The zero-order chi connectivity index (χ0) is 24.7. The van der Waals surface area contributed by atoms with Crippen molar-refractivity contribution in [2.75, 3.05) is 52.8 Å². The van der Waals surface area contributed by atoms with Crippen molar-refractivity contribution < 1.29 is 43.5 Å². The van der Waals surface area contributed by atoms with Crippen molar-refractivity contribution in [2.24, 2.45) is 11.8 Å². The minimum Gasteiger partial charge on any atom is -0.388 e. The van der Waals surface area contributed by atoms with E-state index in [2.05, 4.69) is 5.32 Å². The Morgan fingerprint density at radius 2 is 1.76 bits per heavy atom. The molecule has 1 unspecified atom stereocenters. The Morgan fingerprint density at radius 3 is 2.38 bits per heavy atom. The molecule has 3 aliphatic rings. The number of hydrogen-bond acceptors (Lipinski definition) is 9. The quantitative estimate of drug-likeness (QED) is 0.226. The van der Waals surface area contributed by atoms with Crippen molar-refractivity contribution in [1.29, 1.82) is 0 Å². The van der Waals surface area contributed by atoms with Gasteiger partial charge in [-0.2, -0.15) is 0 Å². The number of nitrogens with one attached hydrogen (secondary N) is 1. The van der Waals surface area contributed by atoms with Gasteiger partial charge in [0.05, 0.1) is 64.8 Å². The van der Waals surface area contributed by atoms with Gasteiger partial charge in [0.15, 0.2) is 0 Å². The molecular formula is C23H38N2O9. The van der Waals surface area contributed by atoms with E-state index in [4.69, 9.17) is 18.9 Å². The third-order valence-electron chi connectivity index (χ3n) is 6.93. The topological polar surface area (TPSA) is 144 Å². The van der Waals surface area contributed by atoms with Gasteiger partial charge in [0.2, 0.25) is 17.7 Å².